The zero-order valence-corrected chi connectivity index (χ0v) is 35.5. The molecule has 0 spiro atoms. The summed E-state index contributed by atoms with van der Waals surface area (Å²) >= 11 is 0. The molecule has 1 amide bonds. The molecule has 3 N–H and O–H groups in total. The van der Waals surface area contributed by atoms with E-state index in [0.29, 0.717) is 25.9 Å². The van der Waals surface area contributed by atoms with Gasteiger partial charge < -0.3 is 20.3 Å². The van der Waals surface area contributed by atoms with Crippen molar-refractivity contribution in [2.24, 2.45) is 0 Å². The summed E-state index contributed by atoms with van der Waals surface area (Å²) in [7, 11) is 0. The Kier molecular flexibility index (Phi) is 42.2. The van der Waals surface area contributed by atoms with E-state index in [0.717, 1.165) is 57.8 Å². The number of rotatable bonds is 43. The van der Waals surface area contributed by atoms with Gasteiger partial charge in [0.25, 0.3) is 0 Å². The van der Waals surface area contributed by atoms with E-state index in [2.05, 4.69) is 31.3 Å². The molecule has 0 rings (SSSR count). The summed E-state index contributed by atoms with van der Waals surface area (Å²) in [6.07, 6.45) is 47.3. The largest absolute Gasteiger partial charge is 0.466 e. The van der Waals surface area contributed by atoms with Crippen molar-refractivity contribution in [2.45, 2.75) is 264 Å². The fourth-order valence-electron chi connectivity index (χ4n) is 7.16. The number of carbonyl (C=O) groups excluding carboxylic acids is 2. The van der Waals surface area contributed by atoms with Crippen molar-refractivity contribution in [2.75, 3.05) is 13.2 Å². The lowest BCUT2D eigenvalue weighted by Crippen LogP contribution is -2.45. The van der Waals surface area contributed by atoms with Gasteiger partial charge >= 0.3 is 5.97 Å². The van der Waals surface area contributed by atoms with Crippen molar-refractivity contribution in [1.82, 2.24) is 5.32 Å². The van der Waals surface area contributed by atoms with Crippen LogP contribution in [0, 0.1) is 0 Å². The Balaban J connectivity index is 3.48. The number of unbranched alkanes of at least 4 members (excludes halogenated alkanes) is 30. The van der Waals surface area contributed by atoms with Crippen molar-refractivity contribution < 1.29 is 24.5 Å². The second-order valence-electron chi connectivity index (χ2n) is 16.1. The van der Waals surface area contributed by atoms with Crippen LogP contribution in [0.25, 0.3) is 0 Å². The molecule has 0 saturated heterocycles. The standard InChI is InChI=1S/C47H91NO5/c1-3-5-7-9-11-13-15-17-21-25-29-33-37-41-47(52)53-42-38-34-30-26-22-18-20-24-28-32-36-40-46(51)48-44(43-49)45(50)39-35-31-27-23-19-16-14-12-10-8-6-4-2/h13,15,44-45,49-50H,3-12,14,16-43H2,1-2H3,(H,48,51)/b15-13-. The van der Waals surface area contributed by atoms with Crippen molar-refractivity contribution in [3.8, 4) is 0 Å². The predicted molar refractivity (Wildman–Crippen MR) is 227 cm³/mol. The van der Waals surface area contributed by atoms with Crippen molar-refractivity contribution in [1.29, 1.82) is 0 Å². The Morgan fingerprint density at radius 2 is 0.887 bits per heavy atom. The summed E-state index contributed by atoms with van der Waals surface area (Å²) < 4.78 is 5.44. The lowest BCUT2D eigenvalue weighted by Gasteiger charge is -2.22. The smallest absolute Gasteiger partial charge is 0.305 e. The van der Waals surface area contributed by atoms with Gasteiger partial charge in [-0.05, 0) is 51.4 Å². The minimum absolute atomic E-state index is 0.0231. The average Bonchev–Trinajstić information content (AvgIpc) is 3.16. The first-order valence-electron chi connectivity index (χ1n) is 23.4. The second kappa shape index (κ2) is 43.3. The van der Waals surface area contributed by atoms with E-state index in [4.69, 9.17) is 4.74 Å². The lowest BCUT2D eigenvalue weighted by molar-refractivity contribution is -0.143. The van der Waals surface area contributed by atoms with Gasteiger partial charge in [0.15, 0.2) is 0 Å². The molecule has 0 radical (unpaired) electrons. The van der Waals surface area contributed by atoms with E-state index in [1.807, 2.05) is 0 Å². The fourth-order valence-corrected chi connectivity index (χ4v) is 7.16. The van der Waals surface area contributed by atoms with E-state index < -0.39 is 12.1 Å². The molecule has 0 aliphatic heterocycles. The van der Waals surface area contributed by atoms with Gasteiger partial charge in [-0.25, -0.2) is 0 Å². The lowest BCUT2D eigenvalue weighted by atomic mass is 10.0. The van der Waals surface area contributed by atoms with E-state index >= 15 is 0 Å². The summed E-state index contributed by atoms with van der Waals surface area (Å²) in [6, 6.07) is -0.553. The molecule has 6 heteroatoms. The number of hydrogen-bond acceptors (Lipinski definition) is 5. The number of allylic oxidation sites excluding steroid dienone is 2. The zero-order chi connectivity index (χ0) is 38.7. The van der Waals surface area contributed by atoms with Crippen LogP contribution < -0.4 is 5.32 Å². The van der Waals surface area contributed by atoms with Gasteiger partial charge in [0.2, 0.25) is 5.91 Å². The molecular weight excluding hydrogens is 659 g/mol. The maximum absolute atomic E-state index is 12.4. The number of hydrogen-bond donors (Lipinski definition) is 3. The zero-order valence-electron chi connectivity index (χ0n) is 35.5. The number of esters is 1. The van der Waals surface area contributed by atoms with Gasteiger partial charge in [0, 0.05) is 12.8 Å². The number of amides is 1. The minimum Gasteiger partial charge on any atom is -0.466 e. The van der Waals surface area contributed by atoms with Gasteiger partial charge in [-0.1, -0.05) is 199 Å². The Bertz CT molecular complexity index is 787. The Labute approximate surface area is 329 Å². The van der Waals surface area contributed by atoms with Crippen LogP contribution in [0.5, 0.6) is 0 Å². The first-order valence-corrected chi connectivity index (χ1v) is 23.4. The van der Waals surface area contributed by atoms with Gasteiger partial charge in [0.05, 0.1) is 25.4 Å². The molecule has 0 aromatic rings. The molecular formula is C47H91NO5. The first-order chi connectivity index (χ1) is 26.0. The van der Waals surface area contributed by atoms with Gasteiger partial charge in [0.1, 0.15) is 0 Å². The normalized spacial score (nSPS) is 12.8. The maximum atomic E-state index is 12.4. The second-order valence-corrected chi connectivity index (χ2v) is 16.1. The van der Waals surface area contributed by atoms with Crippen LogP contribution in [0.4, 0.5) is 0 Å². The molecule has 314 valence electrons. The molecule has 0 fully saturated rings. The van der Waals surface area contributed by atoms with Gasteiger partial charge in [-0.2, -0.15) is 0 Å². The van der Waals surface area contributed by atoms with Crippen LogP contribution in [0.2, 0.25) is 0 Å². The van der Waals surface area contributed by atoms with Crippen LogP contribution in [-0.2, 0) is 14.3 Å². The Hall–Kier alpha value is -1.40. The van der Waals surface area contributed by atoms with Crippen LogP contribution in [0.3, 0.4) is 0 Å². The van der Waals surface area contributed by atoms with Crippen LogP contribution in [0.15, 0.2) is 12.2 Å². The van der Waals surface area contributed by atoms with Crippen LogP contribution >= 0.6 is 0 Å². The molecule has 0 saturated carbocycles. The van der Waals surface area contributed by atoms with Crippen molar-refractivity contribution in [3.05, 3.63) is 12.2 Å². The van der Waals surface area contributed by atoms with E-state index in [-0.39, 0.29) is 18.5 Å². The highest BCUT2D eigenvalue weighted by Crippen LogP contribution is 2.16. The number of ether oxygens (including phenoxy) is 1. The summed E-state index contributed by atoms with van der Waals surface area (Å²) in [5.74, 6) is -0.0782. The number of carbonyl (C=O) groups is 2. The van der Waals surface area contributed by atoms with Gasteiger partial charge in [-0.15, -0.1) is 0 Å². The molecule has 2 atom stereocenters. The molecule has 0 aliphatic carbocycles. The van der Waals surface area contributed by atoms with Gasteiger partial charge in [-0.3, -0.25) is 9.59 Å². The molecule has 53 heavy (non-hydrogen) atoms. The van der Waals surface area contributed by atoms with Crippen molar-refractivity contribution in [3.63, 3.8) is 0 Å². The number of aliphatic hydroxyl groups excluding tert-OH is 2. The molecule has 0 aromatic carbocycles. The first kappa shape index (κ1) is 51.6. The van der Waals surface area contributed by atoms with Crippen LogP contribution in [0.1, 0.15) is 251 Å². The quantitative estimate of drug-likeness (QED) is 0.0328. The number of aliphatic hydroxyl groups is 2. The third-order valence-electron chi connectivity index (χ3n) is 10.8. The average molecular weight is 750 g/mol. The van der Waals surface area contributed by atoms with E-state index in [9.17, 15) is 19.8 Å². The van der Waals surface area contributed by atoms with E-state index in [1.54, 1.807) is 0 Å². The summed E-state index contributed by atoms with van der Waals surface area (Å²) in [5.41, 5.74) is 0. The molecule has 0 bridgehead atoms. The minimum atomic E-state index is -0.674. The summed E-state index contributed by atoms with van der Waals surface area (Å²) in [5, 5.41) is 23.1. The molecule has 2 unspecified atom stereocenters. The maximum Gasteiger partial charge on any atom is 0.305 e. The fraction of sp³-hybridized carbons (Fsp3) is 0.915. The van der Waals surface area contributed by atoms with Crippen molar-refractivity contribution >= 4 is 11.9 Å². The Morgan fingerprint density at radius 3 is 1.36 bits per heavy atom. The molecule has 0 aromatic heterocycles. The molecule has 0 aliphatic rings. The monoisotopic (exact) mass is 750 g/mol. The molecule has 0 heterocycles. The third-order valence-corrected chi connectivity index (χ3v) is 10.8. The predicted octanol–water partition coefficient (Wildman–Crippen LogP) is 13.4. The number of nitrogens with one attached hydrogen (secondary N) is 1. The Morgan fingerprint density at radius 1 is 0.509 bits per heavy atom. The highest BCUT2D eigenvalue weighted by molar-refractivity contribution is 5.76. The summed E-state index contributed by atoms with van der Waals surface area (Å²) in [4.78, 5) is 24.4. The topological polar surface area (TPSA) is 95.9 Å². The third kappa shape index (κ3) is 40.1. The highest BCUT2D eigenvalue weighted by Gasteiger charge is 2.20. The highest BCUT2D eigenvalue weighted by atomic mass is 16.5. The van der Waals surface area contributed by atoms with E-state index in [1.165, 1.54) is 161 Å². The molecule has 6 nitrogen and oxygen atoms in total. The SMILES string of the molecule is CCCCCC/C=C\CCCCCCCC(=O)OCCCCCCCCCCCCCC(=O)NC(CO)C(O)CCCCCCCCCCCCCC. The van der Waals surface area contributed by atoms with Crippen LogP contribution in [-0.4, -0.2) is 47.4 Å². The summed E-state index contributed by atoms with van der Waals surface area (Å²) in [6.45, 7) is 4.88.